The van der Waals surface area contributed by atoms with Gasteiger partial charge in [-0.1, -0.05) is 170 Å². The van der Waals surface area contributed by atoms with E-state index < -0.39 is 0 Å². The molecule has 2 nitrogen and oxygen atoms in total. The number of rotatable bonds is 6. The first kappa shape index (κ1) is 32.0. The Kier molecular flexibility index (Phi) is 7.53. The average Bonchev–Trinajstić information content (AvgIpc) is 3.60. The van der Waals surface area contributed by atoms with Gasteiger partial charge in [0.05, 0.1) is 22.4 Å². The number of hydrogen-bond acceptors (Lipinski definition) is 1. The molecule has 10 aromatic carbocycles. The Morgan fingerprint density at radius 2 is 0.929 bits per heavy atom. The van der Waals surface area contributed by atoms with E-state index in [4.69, 9.17) is 0 Å². The monoisotopic (exact) mass is 712 g/mol. The summed E-state index contributed by atoms with van der Waals surface area (Å²) in [5, 5.41) is 9.86. The van der Waals surface area contributed by atoms with Crippen molar-refractivity contribution in [2.75, 3.05) is 4.90 Å². The first-order valence-electron chi connectivity index (χ1n) is 19.3. The summed E-state index contributed by atoms with van der Waals surface area (Å²) in [5.74, 6) is 0. The lowest BCUT2D eigenvalue weighted by Crippen LogP contribution is -2.12. The maximum absolute atomic E-state index is 2.48. The van der Waals surface area contributed by atoms with E-state index in [1.807, 2.05) is 0 Å². The molecule has 2 heteroatoms. The first-order valence-corrected chi connectivity index (χ1v) is 19.3. The average molecular weight is 713 g/mol. The van der Waals surface area contributed by atoms with Crippen LogP contribution in [0.25, 0.3) is 82.1 Å². The molecule has 1 heterocycles. The molecule has 0 saturated heterocycles. The molecule has 56 heavy (non-hydrogen) atoms. The van der Waals surface area contributed by atoms with Gasteiger partial charge in [0, 0.05) is 33.1 Å². The molecular formula is C54H36N2. The molecule has 0 radical (unpaired) electrons. The van der Waals surface area contributed by atoms with Gasteiger partial charge in [0.25, 0.3) is 0 Å². The van der Waals surface area contributed by atoms with Crippen LogP contribution in [0.3, 0.4) is 0 Å². The van der Waals surface area contributed by atoms with Crippen LogP contribution in [-0.4, -0.2) is 4.57 Å². The van der Waals surface area contributed by atoms with Gasteiger partial charge in [-0.15, -0.1) is 0 Å². The van der Waals surface area contributed by atoms with Crippen LogP contribution >= 0.6 is 0 Å². The Labute approximate surface area is 325 Å². The van der Waals surface area contributed by atoms with E-state index in [1.54, 1.807) is 0 Å². The lowest BCUT2D eigenvalue weighted by molar-refractivity contribution is 1.18. The van der Waals surface area contributed by atoms with Crippen LogP contribution in [0.5, 0.6) is 0 Å². The van der Waals surface area contributed by atoms with Gasteiger partial charge in [-0.25, -0.2) is 0 Å². The summed E-state index contributed by atoms with van der Waals surface area (Å²) in [7, 11) is 0. The Hall–Kier alpha value is -7.42. The number of anilines is 3. The molecule has 11 rings (SSSR count). The van der Waals surface area contributed by atoms with Crippen LogP contribution in [0, 0.1) is 0 Å². The molecule has 0 bridgehead atoms. The molecule has 0 saturated carbocycles. The third-order valence-corrected chi connectivity index (χ3v) is 11.3. The van der Waals surface area contributed by atoms with Gasteiger partial charge in [-0.3, -0.25) is 0 Å². The molecule has 0 spiro atoms. The van der Waals surface area contributed by atoms with Crippen molar-refractivity contribution < 1.29 is 0 Å². The summed E-state index contributed by atoms with van der Waals surface area (Å²) < 4.78 is 2.42. The third kappa shape index (κ3) is 5.11. The highest BCUT2D eigenvalue weighted by molar-refractivity contribution is 6.23. The molecule has 11 aromatic rings. The molecule has 0 atom stereocenters. The van der Waals surface area contributed by atoms with Crippen molar-refractivity contribution >= 4 is 71.2 Å². The highest BCUT2D eigenvalue weighted by Gasteiger charge is 2.23. The Bertz CT molecular complexity index is 3250. The van der Waals surface area contributed by atoms with E-state index in [0.717, 1.165) is 22.7 Å². The summed E-state index contributed by atoms with van der Waals surface area (Å²) in [5.41, 5.74) is 11.7. The largest absolute Gasteiger partial charge is 0.309 e. The summed E-state index contributed by atoms with van der Waals surface area (Å²) >= 11 is 0. The minimum Gasteiger partial charge on any atom is -0.309 e. The molecule has 0 amide bonds. The van der Waals surface area contributed by atoms with Crippen LogP contribution in [0.15, 0.2) is 218 Å². The third-order valence-electron chi connectivity index (χ3n) is 11.3. The fraction of sp³-hybridized carbons (Fsp3) is 0. The van der Waals surface area contributed by atoms with Gasteiger partial charge in [0.15, 0.2) is 0 Å². The van der Waals surface area contributed by atoms with Gasteiger partial charge in [0.1, 0.15) is 0 Å². The number of fused-ring (bicyclic) bond motifs is 7. The second-order valence-electron chi connectivity index (χ2n) is 14.5. The highest BCUT2D eigenvalue weighted by atomic mass is 15.1. The molecule has 0 aliphatic rings. The summed E-state index contributed by atoms with van der Waals surface area (Å²) in [6, 6.07) is 79.6. The Balaban J connectivity index is 1.24. The number of aromatic nitrogens is 1. The number of benzene rings is 10. The van der Waals surface area contributed by atoms with Gasteiger partial charge < -0.3 is 9.47 Å². The van der Waals surface area contributed by atoms with E-state index in [2.05, 4.69) is 228 Å². The number of hydrogen-bond donors (Lipinski definition) is 0. The minimum absolute atomic E-state index is 1.10. The van der Waals surface area contributed by atoms with Gasteiger partial charge >= 0.3 is 0 Å². The number of nitrogens with zero attached hydrogens (tertiary/aromatic N) is 2. The SMILES string of the molecule is c1ccc(-c2ccccc2N(c2cccc(-c3c4ccccc4cc4c3c3ccccc3n4-c3ccccc3)c2)c2cc3ccccc3c3ccccc23)cc1. The molecule has 0 aliphatic carbocycles. The van der Waals surface area contributed by atoms with E-state index in [1.165, 1.54) is 76.4 Å². The fourth-order valence-electron chi connectivity index (χ4n) is 8.91. The summed E-state index contributed by atoms with van der Waals surface area (Å²) in [6.07, 6.45) is 0. The van der Waals surface area contributed by atoms with E-state index in [0.29, 0.717) is 0 Å². The van der Waals surface area contributed by atoms with Crippen molar-refractivity contribution in [3.8, 4) is 27.9 Å². The second-order valence-corrected chi connectivity index (χ2v) is 14.5. The maximum Gasteiger partial charge on any atom is 0.0553 e. The van der Waals surface area contributed by atoms with Gasteiger partial charge in [-0.2, -0.15) is 0 Å². The van der Waals surface area contributed by atoms with E-state index >= 15 is 0 Å². The van der Waals surface area contributed by atoms with Crippen LogP contribution in [0.4, 0.5) is 17.1 Å². The second kappa shape index (κ2) is 13.2. The molecule has 0 aliphatic heterocycles. The minimum atomic E-state index is 1.10. The van der Waals surface area contributed by atoms with Gasteiger partial charge in [-0.05, 0) is 92.2 Å². The smallest absolute Gasteiger partial charge is 0.0553 e. The lowest BCUT2D eigenvalue weighted by atomic mass is 9.92. The van der Waals surface area contributed by atoms with Crippen molar-refractivity contribution in [3.63, 3.8) is 0 Å². The van der Waals surface area contributed by atoms with Crippen molar-refractivity contribution in [3.05, 3.63) is 218 Å². The van der Waals surface area contributed by atoms with Crippen molar-refractivity contribution in [2.45, 2.75) is 0 Å². The zero-order chi connectivity index (χ0) is 37.0. The summed E-state index contributed by atoms with van der Waals surface area (Å²) in [4.78, 5) is 2.48. The van der Waals surface area contributed by atoms with Crippen molar-refractivity contribution in [1.82, 2.24) is 4.57 Å². The highest BCUT2D eigenvalue weighted by Crippen LogP contribution is 2.48. The Morgan fingerprint density at radius 1 is 0.339 bits per heavy atom. The normalized spacial score (nSPS) is 11.6. The predicted octanol–water partition coefficient (Wildman–Crippen LogP) is 15.0. The van der Waals surface area contributed by atoms with Crippen LogP contribution in [-0.2, 0) is 0 Å². The lowest BCUT2D eigenvalue weighted by Gasteiger charge is -2.30. The predicted molar refractivity (Wildman–Crippen MR) is 239 cm³/mol. The molecule has 0 N–H and O–H groups in total. The Morgan fingerprint density at radius 3 is 1.73 bits per heavy atom. The van der Waals surface area contributed by atoms with E-state index in [9.17, 15) is 0 Å². The molecule has 262 valence electrons. The molecular weight excluding hydrogens is 677 g/mol. The molecule has 0 fully saturated rings. The van der Waals surface area contributed by atoms with Crippen LogP contribution in [0.2, 0.25) is 0 Å². The molecule has 0 unspecified atom stereocenters. The standard InChI is InChI=1S/C54H36N2/c1-3-18-37(19-4-1)44-27-13-15-32-49(44)56(51-35-38-20-7-9-26-43(38)46-29-11-12-30-47(46)51)42-25-17-22-40(34-42)53-45-28-10-8-21-39(45)36-52-54(53)48-31-14-16-33-50(48)55(52)41-23-5-2-6-24-41/h1-36H. The van der Waals surface area contributed by atoms with Crippen LogP contribution < -0.4 is 4.90 Å². The number of para-hydroxylation sites is 3. The maximum atomic E-state index is 2.48. The summed E-state index contributed by atoms with van der Waals surface area (Å²) in [6.45, 7) is 0. The topological polar surface area (TPSA) is 8.17 Å². The zero-order valence-electron chi connectivity index (χ0n) is 30.7. The van der Waals surface area contributed by atoms with Crippen LogP contribution in [0.1, 0.15) is 0 Å². The van der Waals surface area contributed by atoms with Crippen molar-refractivity contribution in [2.24, 2.45) is 0 Å². The fourth-order valence-corrected chi connectivity index (χ4v) is 8.91. The first-order chi connectivity index (χ1) is 27.8. The van der Waals surface area contributed by atoms with E-state index in [-0.39, 0.29) is 0 Å². The zero-order valence-corrected chi connectivity index (χ0v) is 30.7. The van der Waals surface area contributed by atoms with Crippen molar-refractivity contribution in [1.29, 1.82) is 0 Å². The van der Waals surface area contributed by atoms with Gasteiger partial charge in [0.2, 0.25) is 0 Å². The molecule has 1 aromatic heterocycles. The quantitative estimate of drug-likeness (QED) is 0.156.